The smallest absolute Gasteiger partial charge is 0.333 e. The van der Waals surface area contributed by atoms with Gasteiger partial charge in [-0.2, -0.15) is 0 Å². The fraction of sp³-hybridized carbons (Fsp3) is 0.471. The number of hydrogen-bond acceptors (Lipinski definition) is 3. The Balaban J connectivity index is 1.78. The Bertz CT molecular complexity index is 559. The number of hydrogen-bond donors (Lipinski definition) is 0. The molecule has 0 saturated heterocycles. The van der Waals surface area contributed by atoms with Crippen LogP contribution < -0.4 is 0 Å². The standard InChI is InChI=1S/C17H20ClNO2/c1-19(12-13-5-7-14(18)8-6-13)15-11-16(20)21-17(15)9-3-2-4-10-17/h5-8,11H,2-4,9-10,12H2,1H3. The van der Waals surface area contributed by atoms with E-state index in [4.69, 9.17) is 16.3 Å². The maximum Gasteiger partial charge on any atom is 0.333 e. The van der Waals surface area contributed by atoms with Crippen LogP contribution in [0, 0.1) is 0 Å². The molecule has 0 radical (unpaired) electrons. The molecule has 1 saturated carbocycles. The molecule has 1 aliphatic carbocycles. The molecule has 0 aromatic heterocycles. The summed E-state index contributed by atoms with van der Waals surface area (Å²) in [6, 6.07) is 7.83. The molecule has 2 aliphatic rings. The van der Waals surface area contributed by atoms with Gasteiger partial charge in [-0.1, -0.05) is 30.2 Å². The summed E-state index contributed by atoms with van der Waals surface area (Å²) < 4.78 is 5.69. The summed E-state index contributed by atoms with van der Waals surface area (Å²) in [6.45, 7) is 0.751. The summed E-state index contributed by atoms with van der Waals surface area (Å²) in [7, 11) is 2.03. The Morgan fingerprint density at radius 3 is 2.52 bits per heavy atom. The third-order valence-corrected chi connectivity index (χ3v) is 4.67. The molecule has 21 heavy (non-hydrogen) atoms. The summed E-state index contributed by atoms with van der Waals surface area (Å²) in [4.78, 5) is 13.9. The molecule has 3 rings (SSSR count). The average molecular weight is 306 g/mol. The maximum atomic E-state index is 11.8. The van der Waals surface area contributed by atoms with Crippen molar-refractivity contribution in [3.8, 4) is 0 Å². The number of esters is 1. The number of carbonyl (C=O) groups is 1. The number of carbonyl (C=O) groups excluding carboxylic acids is 1. The van der Waals surface area contributed by atoms with Gasteiger partial charge in [0.05, 0.1) is 5.70 Å². The zero-order valence-corrected chi connectivity index (χ0v) is 13.0. The topological polar surface area (TPSA) is 29.5 Å². The molecule has 1 fully saturated rings. The first kappa shape index (κ1) is 14.5. The van der Waals surface area contributed by atoms with Crippen molar-refractivity contribution in [2.75, 3.05) is 7.05 Å². The van der Waals surface area contributed by atoms with Gasteiger partial charge in [-0.3, -0.25) is 0 Å². The zero-order valence-electron chi connectivity index (χ0n) is 12.3. The van der Waals surface area contributed by atoms with E-state index in [-0.39, 0.29) is 11.6 Å². The van der Waals surface area contributed by atoms with Gasteiger partial charge in [0.2, 0.25) is 0 Å². The molecule has 0 bridgehead atoms. The van der Waals surface area contributed by atoms with E-state index in [9.17, 15) is 4.79 Å². The lowest BCUT2D eigenvalue weighted by atomic mass is 9.82. The van der Waals surface area contributed by atoms with E-state index in [1.807, 2.05) is 31.3 Å². The molecule has 0 atom stereocenters. The lowest BCUT2D eigenvalue weighted by Gasteiger charge is -2.38. The third-order valence-electron chi connectivity index (χ3n) is 4.42. The van der Waals surface area contributed by atoms with Crippen molar-refractivity contribution in [3.05, 3.63) is 46.6 Å². The molecule has 1 aliphatic heterocycles. The van der Waals surface area contributed by atoms with E-state index >= 15 is 0 Å². The minimum absolute atomic E-state index is 0.199. The number of halogens is 1. The first-order valence-electron chi connectivity index (χ1n) is 7.50. The molecule has 1 spiro atoms. The Kier molecular flexibility index (Phi) is 3.94. The van der Waals surface area contributed by atoms with Gasteiger partial charge >= 0.3 is 5.97 Å². The van der Waals surface area contributed by atoms with Crippen LogP contribution in [0.4, 0.5) is 0 Å². The largest absolute Gasteiger partial charge is 0.449 e. The summed E-state index contributed by atoms with van der Waals surface area (Å²) >= 11 is 5.92. The minimum Gasteiger partial charge on any atom is -0.449 e. The van der Waals surface area contributed by atoms with Crippen LogP contribution in [0.3, 0.4) is 0 Å². The van der Waals surface area contributed by atoms with Crippen molar-refractivity contribution < 1.29 is 9.53 Å². The number of nitrogens with zero attached hydrogens (tertiary/aromatic N) is 1. The highest BCUT2D eigenvalue weighted by Gasteiger charge is 2.45. The summed E-state index contributed by atoms with van der Waals surface area (Å²) in [6.07, 6.45) is 7.03. The highest BCUT2D eigenvalue weighted by molar-refractivity contribution is 6.30. The van der Waals surface area contributed by atoms with Gasteiger partial charge in [-0.25, -0.2) is 4.79 Å². The predicted octanol–water partition coefficient (Wildman–Crippen LogP) is 3.92. The van der Waals surface area contributed by atoms with E-state index < -0.39 is 0 Å². The Morgan fingerprint density at radius 2 is 1.86 bits per heavy atom. The van der Waals surface area contributed by atoms with Crippen LogP contribution in [0.2, 0.25) is 5.02 Å². The summed E-state index contributed by atoms with van der Waals surface area (Å²) in [5.41, 5.74) is 1.83. The van der Waals surface area contributed by atoms with E-state index in [1.54, 1.807) is 6.08 Å². The summed E-state index contributed by atoms with van der Waals surface area (Å²) in [5.74, 6) is -0.199. The summed E-state index contributed by atoms with van der Waals surface area (Å²) in [5, 5.41) is 0.740. The van der Waals surface area contributed by atoms with Gasteiger partial charge in [0, 0.05) is 24.7 Å². The minimum atomic E-state index is -0.378. The van der Waals surface area contributed by atoms with Crippen LogP contribution in [-0.2, 0) is 16.1 Å². The van der Waals surface area contributed by atoms with Crippen LogP contribution in [-0.4, -0.2) is 23.5 Å². The Labute approximate surface area is 130 Å². The van der Waals surface area contributed by atoms with Gasteiger partial charge in [-0.05, 0) is 43.4 Å². The number of rotatable bonds is 3. The van der Waals surface area contributed by atoms with Gasteiger partial charge < -0.3 is 9.64 Å². The second-order valence-corrected chi connectivity index (χ2v) is 6.42. The van der Waals surface area contributed by atoms with Crippen molar-refractivity contribution in [3.63, 3.8) is 0 Å². The van der Waals surface area contributed by atoms with Crippen molar-refractivity contribution in [2.45, 2.75) is 44.2 Å². The van der Waals surface area contributed by atoms with Crippen molar-refractivity contribution in [1.29, 1.82) is 0 Å². The molecular weight excluding hydrogens is 286 g/mol. The van der Waals surface area contributed by atoms with E-state index in [1.165, 1.54) is 12.0 Å². The molecular formula is C17H20ClNO2. The van der Waals surface area contributed by atoms with Crippen molar-refractivity contribution >= 4 is 17.6 Å². The monoisotopic (exact) mass is 305 g/mol. The third kappa shape index (κ3) is 2.93. The van der Waals surface area contributed by atoms with Crippen LogP contribution >= 0.6 is 11.6 Å². The molecule has 1 aromatic carbocycles. The van der Waals surface area contributed by atoms with E-state index in [2.05, 4.69) is 4.90 Å². The Hall–Kier alpha value is -1.48. The lowest BCUT2D eigenvalue weighted by Crippen LogP contribution is -2.40. The van der Waals surface area contributed by atoms with Gasteiger partial charge in [-0.15, -0.1) is 0 Å². The average Bonchev–Trinajstić information content (AvgIpc) is 2.78. The molecule has 1 heterocycles. The quantitative estimate of drug-likeness (QED) is 0.793. The first-order valence-corrected chi connectivity index (χ1v) is 7.88. The first-order chi connectivity index (χ1) is 10.1. The predicted molar refractivity (Wildman–Crippen MR) is 82.9 cm³/mol. The molecule has 1 aromatic rings. The van der Waals surface area contributed by atoms with Gasteiger partial charge in [0.25, 0.3) is 0 Å². The van der Waals surface area contributed by atoms with Crippen molar-refractivity contribution in [1.82, 2.24) is 4.90 Å². The molecule has 112 valence electrons. The van der Waals surface area contributed by atoms with Crippen LogP contribution in [0.25, 0.3) is 0 Å². The highest BCUT2D eigenvalue weighted by atomic mass is 35.5. The second-order valence-electron chi connectivity index (χ2n) is 5.99. The van der Waals surface area contributed by atoms with Crippen LogP contribution in [0.15, 0.2) is 36.0 Å². The van der Waals surface area contributed by atoms with Crippen LogP contribution in [0.1, 0.15) is 37.7 Å². The number of likely N-dealkylation sites (N-methyl/N-ethyl adjacent to an activating group) is 1. The molecule has 0 unspecified atom stereocenters. The zero-order chi connectivity index (χ0) is 14.9. The van der Waals surface area contributed by atoms with Crippen LogP contribution in [0.5, 0.6) is 0 Å². The fourth-order valence-electron chi connectivity index (χ4n) is 3.41. The van der Waals surface area contributed by atoms with Gasteiger partial charge in [0.15, 0.2) is 5.60 Å². The van der Waals surface area contributed by atoms with E-state index in [0.29, 0.717) is 0 Å². The maximum absolute atomic E-state index is 11.8. The fourth-order valence-corrected chi connectivity index (χ4v) is 3.53. The highest BCUT2D eigenvalue weighted by Crippen LogP contribution is 2.42. The Morgan fingerprint density at radius 1 is 1.19 bits per heavy atom. The molecule has 4 heteroatoms. The van der Waals surface area contributed by atoms with Crippen molar-refractivity contribution in [2.24, 2.45) is 0 Å². The van der Waals surface area contributed by atoms with Gasteiger partial charge in [0.1, 0.15) is 0 Å². The SMILES string of the molecule is CN(Cc1ccc(Cl)cc1)C1=CC(=O)OC12CCCCC2. The molecule has 0 amide bonds. The number of benzene rings is 1. The lowest BCUT2D eigenvalue weighted by molar-refractivity contribution is -0.149. The molecule has 3 nitrogen and oxygen atoms in total. The van der Waals surface area contributed by atoms with E-state index in [0.717, 1.165) is 42.9 Å². The molecule has 0 N–H and O–H groups in total. The second kappa shape index (κ2) is 5.72. The number of ether oxygens (including phenoxy) is 1. The normalized spacial score (nSPS) is 20.3.